The van der Waals surface area contributed by atoms with Gasteiger partial charge in [0, 0.05) is 12.8 Å². The zero-order valence-electron chi connectivity index (χ0n) is 11.3. The van der Waals surface area contributed by atoms with E-state index in [4.69, 9.17) is 9.47 Å². The second-order valence-electron chi connectivity index (χ2n) is 4.27. The average molecular weight is 254 g/mol. The molecule has 0 aromatic rings. The molecule has 0 aliphatic carbocycles. The first-order chi connectivity index (χ1) is 8.41. The number of ether oxygens (including phenoxy) is 2. The molecule has 0 fully saturated rings. The van der Waals surface area contributed by atoms with Crippen LogP contribution in [0, 0.1) is 0 Å². The molecule has 0 unspecified atom stereocenters. The molecule has 102 valence electrons. The predicted octanol–water partition coefficient (Wildman–Crippen LogP) is 3.48. The van der Waals surface area contributed by atoms with Gasteiger partial charge in [0.2, 0.25) is 0 Å². The van der Waals surface area contributed by atoms with Gasteiger partial charge in [-0.3, -0.25) is 9.59 Å². The summed E-state index contributed by atoms with van der Waals surface area (Å²) in [5.74, 6) is 0.346. The summed E-state index contributed by atoms with van der Waals surface area (Å²) < 4.78 is 9.64. The van der Waals surface area contributed by atoms with E-state index in [9.17, 15) is 9.59 Å². The van der Waals surface area contributed by atoms with Crippen LogP contribution in [0.1, 0.15) is 52.4 Å². The maximum absolute atomic E-state index is 11.1. The Morgan fingerprint density at radius 2 is 1.11 bits per heavy atom. The lowest BCUT2D eigenvalue weighted by atomic mass is 10.1. The van der Waals surface area contributed by atoms with Crippen molar-refractivity contribution in [2.45, 2.75) is 52.4 Å². The monoisotopic (exact) mass is 254 g/mol. The standard InChI is InChI=1S/C14H22O4/c1-11(2)17-13(15)9-7-5-6-8-10-14(16)18-12(3)4/h1,3,5-10H2,2,4H3. The molecule has 0 aromatic carbocycles. The summed E-state index contributed by atoms with van der Waals surface area (Å²) >= 11 is 0. The lowest BCUT2D eigenvalue weighted by Gasteiger charge is -2.04. The first-order valence-electron chi connectivity index (χ1n) is 6.14. The van der Waals surface area contributed by atoms with E-state index in [0.29, 0.717) is 24.4 Å². The van der Waals surface area contributed by atoms with E-state index in [1.54, 1.807) is 13.8 Å². The van der Waals surface area contributed by atoms with Gasteiger partial charge in [0.05, 0.1) is 11.5 Å². The maximum atomic E-state index is 11.1. The molecular weight excluding hydrogens is 232 g/mol. The van der Waals surface area contributed by atoms with Crippen LogP contribution < -0.4 is 0 Å². The summed E-state index contributed by atoms with van der Waals surface area (Å²) in [5, 5.41) is 0. The zero-order chi connectivity index (χ0) is 14.0. The number of hydrogen-bond acceptors (Lipinski definition) is 4. The quantitative estimate of drug-likeness (QED) is 0.359. The van der Waals surface area contributed by atoms with Gasteiger partial charge < -0.3 is 9.47 Å². The highest BCUT2D eigenvalue weighted by Crippen LogP contribution is 2.08. The molecule has 0 bridgehead atoms. The minimum Gasteiger partial charge on any atom is -0.432 e. The van der Waals surface area contributed by atoms with Crippen LogP contribution in [0.5, 0.6) is 0 Å². The van der Waals surface area contributed by atoms with Crippen molar-refractivity contribution in [2.24, 2.45) is 0 Å². The number of carbonyl (C=O) groups excluding carboxylic acids is 2. The lowest BCUT2D eigenvalue weighted by Crippen LogP contribution is -2.03. The lowest BCUT2D eigenvalue weighted by molar-refractivity contribution is -0.140. The van der Waals surface area contributed by atoms with Crippen LogP contribution in [0.25, 0.3) is 0 Å². The Balaban J connectivity index is 3.41. The van der Waals surface area contributed by atoms with Crippen molar-refractivity contribution in [3.8, 4) is 0 Å². The van der Waals surface area contributed by atoms with E-state index in [1.807, 2.05) is 0 Å². The Labute approximate surface area is 109 Å². The molecule has 0 saturated heterocycles. The van der Waals surface area contributed by atoms with E-state index in [-0.39, 0.29) is 11.9 Å². The van der Waals surface area contributed by atoms with Crippen LogP contribution in [-0.2, 0) is 19.1 Å². The molecule has 4 nitrogen and oxygen atoms in total. The van der Waals surface area contributed by atoms with Crippen LogP contribution in [-0.4, -0.2) is 11.9 Å². The van der Waals surface area contributed by atoms with Crippen molar-refractivity contribution in [1.29, 1.82) is 0 Å². The van der Waals surface area contributed by atoms with E-state index < -0.39 is 0 Å². The van der Waals surface area contributed by atoms with Crippen LogP contribution in [0.3, 0.4) is 0 Å². The SMILES string of the molecule is C=C(C)OC(=O)CCCCCCC(=O)OC(=C)C. The van der Waals surface area contributed by atoms with Crippen LogP contribution in [0.4, 0.5) is 0 Å². The van der Waals surface area contributed by atoms with Gasteiger partial charge in [-0.15, -0.1) is 0 Å². The molecule has 0 radical (unpaired) electrons. The summed E-state index contributed by atoms with van der Waals surface area (Å²) in [6, 6.07) is 0. The molecule has 0 aliphatic heterocycles. The molecule has 0 atom stereocenters. The van der Waals surface area contributed by atoms with Gasteiger partial charge >= 0.3 is 11.9 Å². The summed E-state index contributed by atoms with van der Waals surface area (Å²) in [5.41, 5.74) is 0. The number of hydrogen-bond donors (Lipinski definition) is 0. The van der Waals surface area contributed by atoms with Gasteiger partial charge in [-0.05, 0) is 26.7 Å². The number of rotatable bonds is 9. The van der Waals surface area contributed by atoms with Crippen molar-refractivity contribution in [3.05, 3.63) is 24.7 Å². The van der Waals surface area contributed by atoms with Gasteiger partial charge in [-0.25, -0.2) is 0 Å². The Hall–Kier alpha value is -1.58. The van der Waals surface area contributed by atoms with Crippen molar-refractivity contribution in [1.82, 2.24) is 0 Å². The molecule has 0 amide bonds. The van der Waals surface area contributed by atoms with Gasteiger partial charge in [0.15, 0.2) is 0 Å². The third kappa shape index (κ3) is 10.9. The van der Waals surface area contributed by atoms with E-state index in [0.717, 1.165) is 25.7 Å². The highest BCUT2D eigenvalue weighted by atomic mass is 16.5. The van der Waals surface area contributed by atoms with Crippen molar-refractivity contribution < 1.29 is 19.1 Å². The fourth-order valence-corrected chi connectivity index (χ4v) is 1.38. The topological polar surface area (TPSA) is 52.6 Å². The normalized spacial score (nSPS) is 9.67. The van der Waals surface area contributed by atoms with Crippen LogP contribution >= 0.6 is 0 Å². The fraction of sp³-hybridized carbons (Fsp3) is 0.571. The van der Waals surface area contributed by atoms with Gasteiger partial charge in [-0.2, -0.15) is 0 Å². The average Bonchev–Trinajstić information content (AvgIpc) is 2.20. The summed E-state index contributed by atoms with van der Waals surface area (Å²) in [6.07, 6.45) is 4.10. The fourth-order valence-electron chi connectivity index (χ4n) is 1.38. The maximum Gasteiger partial charge on any atom is 0.310 e. The highest BCUT2D eigenvalue weighted by Gasteiger charge is 2.04. The Morgan fingerprint density at radius 1 is 0.778 bits per heavy atom. The van der Waals surface area contributed by atoms with Crippen molar-refractivity contribution in [3.63, 3.8) is 0 Å². The van der Waals surface area contributed by atoms with Crippen molar-refractivity contribution >= 4 is 11.9 Å². The predicted molar refractivity (Wildman–Crippen MR) is 69.5 cm³/mol. The molecule has 0 rings (SSSR count). The number of allylic oxidation sites excluding steroid dienone is 2. The number of unbranched alkanes of at least 4 members (excludes halogenated alkanes) is 3. The van der Waals surface area contributed by atoms with Crippen LogP contribution in [0.15, 0.2) is 24.7 Å². The minimum absolute atomic E-state index is 0.246. The smallest absolute Gasteiger partial charge is 0.310 e. The van der Waals surface area contributed by atoms with Gasteiger partial charge in [-0.1, -0.05) is 26.0 Å². The Bertz CT molecular complexity index is 286. The van der Waals surface area contributed by atoms with Gasteiger partial charge in [0.25, 0.3) is 0 Å². The largest absolute Gasteiger partial charge is 0.432 e. The van der Waals surface area contributed by atoms with E-state index >= 15 is 0 Å². The first-order valence-corrected chi connectivity index (χ1v) is 6.14. The number of carbonyl (C=O) groups is 2. The van der Waals surface area contributed by atoms with E-state index in [1.165, 1.54) is 0 Å². The molecule has 0 spiro atoms. The Morgan fingerprint density at radius 3 is 1.39 bits per heavy atom. The van der Waals surface area contributed by atoms with Gasteiger partial charge in [0.1, 0.15) is 0 Å². The molecule has 18 heavy (non-hydrogen) atoms. The minimum atomic E-state index is -0.246. The molecule has 0 N–H and O–H groups in total. The summed E-state index contributed by atoms with van der Waals surface area (Å²) in [4.78, 5) is 22.3. The first kappa shape index (κ1) is 16.4. The Kier molecular flexibility index (Phi) is 8.62. The summed E-state index contributed by atoms with van der Waals surface area (Å²) in [7, 11) is 0. The molecule has 0 aromatic heterocycles. The molecule has 0 saturated carbocycles. The molecule has 0 aliphatic rings. The highest BCUT2D eigenvalue weighted by molar-refractivity contribution is 5.70. The third-order valence-corrected chi connectivity index (χ3v) is 2.09. The third-order valence-electron chi connectivity index (χ3n) is 2.09. The second kappa shape index (κ2) is 9.45. The van der Waals surface area contributed by atoms with Crippen LogP contribution in [0.2, 0.25) is 0 Å². The summed E-state index contributed by atoms with van der Waals surface area (Å²) in [6.45, 7) is 10.3. The molecule has 4 heteroatoms. The molecular formula is C14H22O4. The van der Waals surface area contributed by atoms with Crippen molar-refractivity contribution in [2.75, 3.05) is 0 Å². The zero-order valence-corrected chi connectivity index (χ0v) is 11.3. The number of esters is 2. The van der Waals surface area contributed by atoms with E-state index in [2.05, 4.69) is 13.2 Å². The molecule has 0 heterocycles. The second-order valence-corrected chi connectivity index (χ2v) is 4.27.